The minimum atomic E-state index is -0.414. The van der Waals surface area contributed by atoms with Crippen LogP contribution in [-0.4, -0.2) is 30.1 Å². The summed E-state index contributed by atoms with van der Waals surface area (Å²) in [5.41, 5.74) is 0.359. The molecule has 1 aliphatic heterocycles. The molecule has 1 saturated heterocycles. The van der Waals surface area contributed by atoms with E-state index in [1.54, 1.807) is 18.2 Å². The van der Waals surface area contributed by atoms with Crippen LogP contribution in [0.5, 0.6) is 5.75 Å². The normalized spacial score (nSPS) is 16.3. The van der Waals surface area contributed by atoms with Crippen LogP contribution in [0.25, 0.3) is 0 Å². The molecule has 0 saturated carbocycles. The molecule has 0 aliphatic carbocycles. The van der Waals surface area contributed by atoms with Crippen LogP contribution in [0.15, 0.2) is 64.5 Å². The zero-order valence-electron chi connectivity index (χ0n) is 14.4. The number of amidine groups is 1. The molecule has 1 fully saturated rings. The van der Waals surface area contributed by atoms with Crippen molar-refractivity contribution in [3.05, 3.63) is 69.6 Å². The summed E-state index contributed by atoms with van der Waals surface area (Å²) in [5, 5.41) is 6.28. The number of thioether (sulfide) groups is 1. The monoisotopic (exact) mass is 435 g/mol. The highest BCUT2D eigenvalue weighted by atomic mass is 35.5. The van der Waals surface area contributed by atoms with Gasteiger partial charge in [0, 0.05) is 6.08 Å². The topological polar surface area (TPSA) is 79.8 Å². The molecule has 0 spiro atoms. The summed E-state index contributed by atoms with van der Waals surface area (Å²) in [6, 6.07) is 14.3. The van der Waals surface area contributed by atoms with E-state index in [0.29, 0.717) is 34.1 Å². The fourth-order valence-corrected chi connectivity index (χ4v) is 3.49. The van der Waals surface area contributed by atoms with Gasteiger partial charge in [-0.2, -0.15) is 0 Å². The number of nitrogens with zero attached hydrogens (tertiary/aromatic N) is 1. The van der Waals surface area contributed by atoms with Crippen molar-refractivity contribution in [2.75, 3.05) is 13.2 Å². The van der Waals surface area contributed by atoms with Crippen molar-refractivity contribution < 1.29 is 14.3 Å². The highest BCUT2D eigenvalue weighted by molar-refractivity contribution is 8.18. The first-order valence-electron chi connectivity index (χ1n) is 8.22. The number of benzene rings is 2. The molecule has 0 radical (unpaired) electrons. The largest absolute Gasteiger partial charge is 0.492 e. The molecule has 144 valence electrons. The number of hydrogen-bond donors (Lipinski definition) is 2. The molecule has 2 N–H and O–H groups in total. The highest BCUT2D eigenvalue weighted by Crippen LogP contribution is 2.35. The van der Waals surface area contributed by atoms with Crippen molar-refractivity contribution in [2.24, 2.45) is 4.99 Å². The number of carbonyl (C=O) groups excluding carboxylic acids is 2. The average molecular weight is 436 g/mol. The van der Waals surface area contributed by atoms with Gasteiger partial charge in [-0.1, -0.05) is 47.5 Å². The molecule has 0 atom stereocenters. The molecular weight excluding hydrogens is 421 g/mol. The SMILES string of the molecule is O=C(/C=C1\SC(=Nc2c(Cl)cccc2Cl)NC1=O)NCCOc1ccccc1. The molecule has 6 nitrogen and oxygen atoms in total. The third kappa shape index (κ3) is 5.51. The number of nitrogens with one attached hydrogen (secondary N) is 2. The summed E-state index contributed by atoms with van der Waals surface area (Å²) in [5.74, 6) is -0.0890. The van der Waals surface area contributed by atoms with Crippen molar-refractivity contribution in [1.29, 1.82) is 0 Å². The van der Waals surface area contributed by atoms with Gasteiger partial charge in [0.1, 0.15) is 18.0 Å². The van der Waals surface area contributed by atoms with Crippen LogP contribution < -0.4 is 15.4 Å². The Morgan fingerprint density at radius 2 is 1.86 bits per heavy atom. The lowest BCUT2D eigenvalue weighted by Gasteiger charge is -2.06. The maximum absolute atomic E-state index is 12.0. The lowest BCUT2D eigenvalue weighted by atomic mass is 10.3. The fraction of sp³-hybridized carbons (Fsp3) is 0.105. The van der Waals surface area contributed by atoms with E-state index in [1.165, 1.54) is 6.08 Å². The van der Waals surface area contributed by atoms with Gasteiger partial charge in [-0.05, 0) is 36.0 Å². The van der Waals surface area contributed by atoms with Crippen molar-refractivity contribution in [3.8, 4) is 5.75 Å². The maximum Gasteiger partial charge on any atom is 0.264 e. The van der Waals surface area contributed by atoms with Crippen LogP contribution in [0.3, 0.4) is 0 Å². The van der Waals surface area contributed by atoms with Crippen LogP contribution in [0.4, 0.5) is 5.69 Å². The van der Waals surface area contributed by atoms with E-state index in [9.17, 15) is 9.59 Å². The van der Waals surface area contributed by atoms with Crippen LogP contribution >= 0.6 is 35.0 Å². The third-order valence-electron chi connectivity index (χ3n) is 3.48. The molecule has 1 heterocycles. The maximum atomic E-state index is 12.0. The van der Waals surface area contributed by atoms with Crippen molar-refractivity contribution in [2.45, 2.75) is 0 Å². The van der Waals surface area contributed by atoms with Gasteiger partial charge >= 0.3 is 0 Å². The van der Waals surface area contributed by atoms with Crippen molar-refractivity contribution in [1.82, 2.24) is 10.6 Å². The molecule has 2 aromatic carbocycles. The fourth-order valence-electron chi connectivity index (χ4n) is 2.21. The Balaban J connectivity index is 1.55. The van der Waals surface area contributed by atoms with Gasteiger partial charge in [-0.3, -0.25) is 9.59 Å². The van der Waals surface area contributed by atoms with Gasteiger partial charge in [0.15, 0.2) is 5.17 Å². The average Bonchev–Trinajstić information content (AvgIpc) is 3.02. The van der Waals surface area contributed by atoms with E-state index in [-0.39, 0.29) is 4.91 Å². The van der Waals surface area contributed by atoms with E-state index in [4.69, 9.17) is 27.9 Å². The Bertz CT molecular complexity index is 928. The predicted octanol–water partition coefficient (Wildman–Crippen LogP) is 3.92. The van der Waals surface area contributed by atoms with Gasteiger partial charge in [0.05, 0.1) is 21.5 Å². The number of hydrogen-bond acceptors (Lipinski definition) is 5. The lowest BCUT2D eigenvalue weighted by Crippen LogP contribution is -2.27. The van der Waals surface area contributed by atoms with E-state index in [2.05, 4.69) is 15.6 Å². The highest BCUT2D eigenvalue weighted by Gasteiger charge is 2.25. The number of amides is 2. The minimum absolute atomic E-state index is 0.225. The zero-order chi connectivity index (χ0) is 19.9. The lowest BCUT2D eigenvalue weighted by molar-refractivity contribution is -0.118. The molecule has 2 aromatic rings. The number of para-hydroxylation sites is 2. The second-order valence-corrected chi connectivity index (χ2v) is 7.35. The number of halogens is 2. The third-order valence-corrected chi connectivity index (χ3v) is 5.00. The summed E-state index contributed by atoms with van der Waals surface area (Å²) in [6.45, 7) is 0.621. The first-order chi connectivity index (χ1) is 13.5. The second-order valence-electron chi connectivity index (χ2n) is 5.50. The molecule has 0 aromatic heterocycles. The van der Waals surface area contributed by atoms with E-state index < -0.39 is 11.8 Å². The van der Waals surface area contributed by atoms with Crippen LogP contribution in [0.1, 0.15) is 0 Å². The number of aliphatic imine (C=N–C) groups is 1. The molecule has 0 bridgehead atoms. The summed E-state index contributed by atoms with van der Waals surface area (Å²) in [7, 11) is 0. The number of rotatable bonds is 6. The van der Waals surface area contributed by atoms with Gasteiger partial charge < -0.3 is 15.4 Å². The first-order valence-corrected chi connectivity index (χ1v) is 9.79. The summed E-state index contributed by atoms with van der Waals surface area (Å²) in [6.07, 6.45) is 1.22. The second kappa shape index (κ2) is 9.64. The molecule has 28 heavy (non-hydrogen) atoms. The standard InChI is InChI=1S/C19H15Cl2N3O3S/c20-13-7-4-8-14(21)17(13)23-19-24-18(26)15(28-19)11-16(25)22-9-10-27-12-5-2-1-3-6-12/h1-8,11H,9-10H2,(H,22,25)(H,23,24,26)/b15-11-. The summed E-state index contributed by atoms with van der Waals surface area (Å²) in [4.78, 5) is 28.5. The Kier molecular flexibility index (Phi) is 6.97. The first kappa shape index (κ1) is 20.3. The molecule has 3 rings (SSSR count). The van der Waals surface area contributed by atoms with Crippen LogP contribution in [-0.2, 0) is 9.59 Å². The molecule has 9 heteroatoms. The Hall–Kier alpha value is -2.48. The van der Waals surface area contributed by atoms with E-state index in [1.807, 2.05) is 30.3 Å². The van der Waals surface area contributed by atoms with Crippen molar-refractivity contribution >= 4 is 57.6 Å². The summed E-state index contributed by atoms with van der Waals surface area (Å²) < 4.78 is 5.49. The molecule has 1 aliphatic rings. The Morgan fingerprint density at radius 3 is 2.57 bits per heavy atom. The molecule has 0 unspecified atom stereocenters. The van der Waals surface area contributed by atoms with E-state index >= 15 is 0 Å². The van der Waals surface area contributed by atoms with Crippen molar-refractivity contribution in [3.63, 3.8) is 0 Å². The van der Waals surface area contributed by atoms with Gasteiger partial charge in [-0.25, -0.2) is 4.99 Å². The Labute approximate surface area is 176 Å². The molecular formula is C19H15Cl2N3O3S. The quantitative estimate of drug-likeness (QED) is 0.532. The molecule has 2 amide bonds. The van der Waals surface area contributed by atoms with Crippen LogP contribution in [0.2, 0.25) is 10.0 Å². The number of carbonyl (C=O) groups is 2. The number of ether oxygens (including phenoxy) is 1. The van der Waals surface area contributed by atoms with Crippen LogP contribution in [0, 0.1) is 0 Å². The predicted molar refractivity (Wildman–Crippen MR) is 112 cm³/mol. The van der Waals surface area contributed by atoms with Gasteiger partial charge in [0.25, 0.3) is 5.91 Å². The van der Waals surface area contributed by atoms with Gasteiger partial charge in [0.2, 0.25) is 5.91 Å². The minimum Gasteiger partial charge on any atom is -0.492 e. The zero-order valence-corrected chi connectivity index (χ0v) is 16.8. The summed E-state index contributed by atoms with van der Waals surface area (Å²) >= 11 is 13.2. The van der Waals surface area contributed by atoms with Gasteiger partial charge in [-0.15, -0.1) is 0 Å². The Morgan fingerprint density at radius 1 is 1.14 bits per heavy atom. The van der Waals surface area contributed by atoms with E-state index in [0.717, 1.165) is 17.5 Å². The smallest absolute Gasteiger partial charge is 0.264 e.